The van der Waals surface area contributed by atoms with Crippen LogP contribution in [0.25, 0.3) is 11.0 Å². The summed E-state index contributed by atoms with van der Waals surface area (Å²) in [7, 11) is 0. The summed E-state index contributed by atoms with van der Waals surface area (Å²) in [6.45, 7) is 6.30. The zero-order valence-corrected chi connectivity index (χ0v) is 26.0. The lowest BCUT2D eigenvalue weighted by atomic mass is 10.0. The molecule has 1 aromatic carbocycles. The molecule has 0 fully saturated rings. The minimum absolute atomic E-state index is 0.0240. The number of aliphatic carboxylic acids is 1. The second-order valence-corrected chi connectivity index (χ2v) is 11.6. The van der Waals surface area contributed by atoms with Crippen LogP contribution in [0.3, 0.4) is 0 Å². The molecule has 1 aliphatic heterocycles. The van der Waals surface area contributed by atoms with Crippen LogP contribution in [0.4, 0.5) is 0 Å². The van der Waals surface area contributed by atoms with Gasteiger partial charge in [0, 0.05) is 37.9 Å². The van der Waals surface area contributed by atoms with Gasteiger partial charge in [-0.25, -0.2) is 4.79 Å². The van der Waals surface area contributed by atoms with Crippen molar-refractivity contribution < 1.29 is 33.8 Å². The molecule has 0 spiro atoms. The second kappa shape index (κ2) is 16.0. The van der Waals surface area contributed by atoms with E-state index in [1.807, 2.05) is 38.1 Å². The predicted molar refractivity (Wildman–Crippen MR) is 168 cm³/mol. The highest BCUT2D eigenvalue weighted by molar-refractivity contribution is 5.90. The molecule has 0 bridgehead atoms. The van der Waals surface area contributed by atoms with E-state index in [2.05, 4.69) is 16.0 Å². The number of hydrogen-bond acceptors (Lipinski definition) is 8. The summed E-state index contributed by atoms with van der Waals surface area (Å²) >= 11 is 0. The molecule has 10 N–H and O–H groups in total. The largest absolute Gasteiger partial charge is 0.480 e. The first kappa shape index (κ1) is 35.1. The highest BCUT2D eigenvalue weighted by Gasteiger charge is 2.28. The summed E-state index contributed by atoms with van der Waals surface area (Å²) in [5.41, 5.74) is 14.7. The second-order valence-electron chi connectivity index (χ2n) is 11.6. The van der Waals surface area contributed by atoms with Crippen molar-refractivity contribution in [3.8, 4) is 0 Å². The lowest BCUT2D eigenvalue weighted by molar-refractivity contribution is -0.141. The Labute approximate surface area is 262 Å². The third-order valence-corrected chi connectivity index (χ3v) is 7.85. The van der Waals surface area contributed by atoms with Crippen LogP contribution in [-0.4, -0.2) is 88.6 Å². The van der Waals surface area contributed by atoms with E-state index in [1.54, 1.807) is 4.90 Å². The third kappa shape index (κ3) is 10.0. The molecular formula is C31H45N7O7. The van der Waals surface area contributed by atoms with Crippen molar-refractivity contribution in [2.75, 3.05) is 19.6 Å². The fourth-order valence-electron chi connectivity index (χ4n) is 5.06. The third-order valence-electron chi connectivity index (χ3n) is 7.85. The molecule has 246 valence electrons. The van der Waals surface area contributed by atoms with E-state index in [0.29, 0.717) is 43.7 Å². The van der Waals surface area contributed by atoms with Crippen molar-refractivity contribution in [2.24, 2.45) is 11.5 Å². The van der Waals surface area contributed by atoms with E-state index in [0.717, 1.165) is 22.1 Å². The Morgan fingerprint density at radius 2 is 1.80 bits per heavy atom. The minimum atomic E-state index is -1.20. The molecule has 3 rings (SSSR count). The number of aliphatic hydroxyl groups excluding tert-OH is 1. The molecule has 4 unspecified atom stereocenters. The van der Waals surface area contributed by atoms with Gasteiger partial charge in [0.15, 0.2) is 5.96 Å². The zero-order valence-electron chi connectivity index (χ0n) is 26.0. The maximum atomic E-state index is 13.0. The van der Waals surface area contributed by atoms with Crippen molar-refractivity contribution in [3.05, 3.63) is 46.7 Å². The van der Waals surface area contributed by atoms with Crippen LogP contribution in [0.1, 0.15) is 55.9 Å². The van der Waals surface area contributed by atoms with E-state index in [9.17, 15) is 29.4 Å². The summed E-state index contributed by atoms with van der Waals surface area (Å²) in [5.74, 6) is -2.21. The summed E-state index contributed by atoms with van der Waals surface area (Å²) in [4.78, 5) is 51.5. The lowest BCUT2D eigenvalue weighted by Crippen LogP contribution is -2.54. The molecule has 45 heavy (non-hydrogen) atoms. The minimum Gasteiger partial charge on any atom is -0.480 e. The molecule has 1 aromatic heterocycles. The number of nitrogens with one attached hydrogen (secondary N) is 4. The molecule has 0 saturated carbocycles. The molecule has 0 saturated heterocycles. The van der Waals surface area contributed by atoms with Crippen molar-refractivity contribution in [1.82, 2.24) is 20.9 Å². The van der Waals surface area contributed by atoms with E-state index < -0.39 is 47.9 Å². The lowest BCUT2D eigenvalue weighted by Gasteiger charge is -2.23. The van der Waals surface area contributed by atoms with Gasteiger partial charge in [-0.1, -0.05) is 29.7 Å². The molecule has 14 heteroatoms. The van der Waals surface area contributed by atoms with E-state index in [-0.39, 0.29) is 31.8 Å². The number of carbonyl (C=O) groups is 4. The number of unbranched alkanes of at least 4 members (excludes halogenated alkanes) is 2. The molecule has 0 radical (unpaired) electrons. The maximum absolute atomic E-state index is 13.0. The van der Waals surface area contributed by atoms with Crippen molar-refractivity contribution in [3.63, 3.8) is 0 Å². The molecular weight excluding hydrogens is 582 g/mol. The Balaban J connectivity index is 1.44. The number of carbonyl (C=O) groups excluding carboxylic acids is 3. The molecule has 2 heterocycles. The number of guanidine groups is 1. The Hall–Kier alpha value is -4.43. The summed E-state index contributed by atoms with van der Waals surface area (Å²) < 4.78 is 5.86. The van der Waals surface area contributed by atoms with Gasteiger partial charge >= 0.3 is 5.97 Å². The van der Waals surface area contributed by atoms with Crippen molar-refractivity contribution in [2.45, 2.75) is 83.5 Å². The first-order valence-electron chi connectivity index (χ1n) is 15.1. The van der Waals surface area contributed by atoms with Crippen LogP contribution in [0, 0.1) is 19.3 Å². The maximum Gasteiger partial charge on any atom is 0.326 e. The fraction of sp³-hybridized carbons (Fsp3) is 0.516. The molecule has 0 aliphatic carbocycles. The van der Waals surface area contributed by atoms with Crippen LogP contribution in [0.15, 0.2) is 34.3 Å². The van der Waals surface area contributed by atoms with Crippen LogP contribution < -0.4 is 27.4 Å². The first-order chi connectivity index (χ1) is 21.3. The van der Waals surface area contributed by atoms with Gasteiger partial charge in [0.05, 0.1) is 6.10 Å². The number of furan rings is 1. The zero-order chi connectivity index (χ0) is 33.3. The number of nitrogens with two attached hydrogens (primary N) is 2. The fourth-order valence-corrected chi connectivity index (χ4v) is 5.06. The smallest absolute Gasteiger partial charge is 0.326 e. The summed E-state index contributed by atoms with van der Waals surface area (Å²) in [6, 6.07) is 2.46. The number of hydrogen-bond donors (Lipinski definition) is 8. The SMILES string of the molecule is Cc1ccc2oc(CC(NC(=O)CCCCCNC(=O)C(CC3=CCN(C(=N)N)C3)NC(=O)C(N)C(C)O)C(=O)O)c(C)c2c1. The number of rotatable bonds is 16. The number of nitrogens with zero attached hydrogens (tertiary/aromatic N) is 1. The van der Waals surface area contributed by atoms with Gasteiger partial charge in [0.2, 0.25) is 17.7 Å². The van der Waals surface area contributed by atoms with Crippen LogP contribution in [0.5, 0.6) is 0 Å². The predicted octanol–water partition coefficient (Wildman–Crippen LogP) is 0.557. The van der Waals surface area contributed by atoms with Gasteiger partial charge in [-0.3, -0.25) is 19.8 Å². The van der Waals surface area contributed by atoms with E-state index in [1.165, 1.54) is 6.92 Å². The standard InChI is InChI=1S/C31H45N7O7/c1-17-8-9-24-21(13-17)18(2)25(45-24)15-23(30(43)44)36-26(40)7-5-4-6-11-35-28(41)22(37-29(42)27(32)19(3)39)14-20-10-12-38(16-20)31(33)34/h8-10,13,19,22-23,27,39H,4-7,11-12,14-16,32H2,1-3H3,(H3,33,34)(H,35,41)(H,36,40)(H,37,42)(H,43,44). The first-order valence-corrected chi connectivity index (χ1v) is 15.1. The number of carboxylic acid groups (broad SMARTS) is 1. The van der Waals surface area contributed by atoms with Crippen molar-refractivity contribution in [1.29, 1.82) is 5.41 Å². The number of amides is 3. The Morgan fingerprint density at radius 1 is 1.07 bits per heavy atom. The Kier molecular flexibility index (Phi) is 12.5. The number of fused-ring (bicyclic) bond motifs is 1. The normalized spacial score (nSPS) is 15.6. The van der Waals surface area contributed by atoms with Crippen molar-refractivity contribution >= 4 is 40.6 Å². The van der Waals surface area contributed by atoms with Gasteiger partial charge in [-0.2, -0.15) is 0 Å². The van der Waals surface area contributed by atoms with Gasteiger partial charge in [-0.15, -0.1) is 0 Å². The number of aryl methyl sites for hydroxylation is 2. The average Bonchev–Trinajstić information content (AvgIpc) is 3.57. The van der Waals surface area contributed by atoms with Gasteiger partial charge < -0.3 is 46.9 Å². The summed E-state index contributed by atoms with van der Waals surface area (Å²) in [6.07, 6.45) is 2.70. The average molecular weight is 628 g/mol. The molecule has 1 aliphatic rings. The highest BCUT2D eigenvalue weighted by atomic mass is 16.4. The van der Waals surface area contributed by atoms with E-state index >= 15 is 0 Å². The molecule has 14 nitrogen and oxygen atoms in total. The number of carboxylic acids is 1. The quantitative estimate of drug-likeness (QED) is 0.0557. The van der Waals surface area contributed by atoms with E-state index in [4.69, 9.17) is 21.3 Å². The van der Waals surface area contributed by atoms with Gasteiger partial charge in [0.1, 0.15) is 29.5 Å². The number of aliphatic hydroxyl groups is 1. The Morgan fingerprint density at radius 3 is 2.44 bits per heavy atom. The van der Waals surface area contributed by atoms with Crippen LogP contribution in [0.2, 0.25) is 0 Å². The van der Waals surface area contributed by atoms with Gasteiger partial charge in [0.25, 0.3) is 0 Å². The highest BCUT2D eigenvalue weighted by Crippen LogP contribution is 2.27. The monoisotopic (exact) mass is 627 g/mol. The van der Waals surface area contributed by atoms with Crippen LogP contribution >= 0.6 is 0 Å². The molecule has 4 atom stereocenters. The topological polar surface area (TPSA) is 237 Å². The number of benzene rings is 1. The summed E-state index contributed by atoms with van der Waals surface area (Å²) in [5, 5.41) is 35.9. The van der Waals surface area contributed by atoms with Crippen LogP contribution in [-0.2, 0) is 25.6 Å². The molecule has 2 aromatic rings. The van der Waals surface area contributed by atoms with Gasteiger partial charge in [-0.05, 0) is 57.7 Å². The Bertz CT molecular complexity index is 1430. The molecule has 3 amide bonds.